The van der Waals surface area contributed by atoms with Crippen LogP contribution in [0.4, 0.5) is 0 Å². The normalized spacial score (nSPS) is 10.7. The number of unbranched alkanes of at least 4 members (excludes halogenated alkanes) is 5. The topological polar surface area (TPSA) is 17.1 Å². The molecule has 0 saturated carbocycles. The van der Waals surface area contributed by atoms with Crippen molar-refractivity contribution in [1.82, 2.24) is 0 Å². The molecule has 106 valence electrons. The lowest BCUT2D eigenvalue weighted by atomic mass is 10.0. The van der Waals surface area contributed by atoms with Crippen LogP contribution in [0.3, 0.4) is 0 Å². The van der Waals surface area contributed by atoms with Gasteiger partial charge in [0.15, 0.2) is 0 Å². The standard InChI is InChI=1S/C16H22Cl2O/c1-2-3-4-5-6-7-8-15(19)11-13-9-10-14(17)12-16(13)18/h9-10,12H,2-8,11H2,1H3. The average Bonchev–Trinajstić information content (AvgIpc) is 2.37. The molecule has 19 heavy (non-hydrogen) atoms. The van der Waals surface area contributed by atoms with Gasteiger partial charge < -0.3 is 0 Å². The van der Waals surface area contributed by atoms with Crippen LogP contribution in [0.5, 0.6) is 0 Å². The molecule has 1 rings (SSSR count). The largest absolute Gasteiger partial charge is 0.299 e. The van der Waals surface area contributed by atoms with E-state index in [-0.39, 0.29) is 5.78 Å². The summed E-state index contributed by atoms with van der Waals surface area (Å²) in [5.41, 5.74) is 0.877. The van der Waals surface area contributed by atoms with Crippen LogP contribution in [0.25, 0.3) is 0 Å². The van der Waals surface area contributed by atoms with Gasteiger partial charge in [-0.15, -0.1) is 0 Å². The molecule has 0 unspecified atom stereocenters. The Morgan fingerprint density at radius 1 is 1.05 bits per heavy atom. The highest BCUT2D eigenvalue weighted by Gasteiger charge is 2.07. The van der Waals surface area contributed by atoms with Gasteiger partial charge in [0, 0.05) is 22.9 Å². The first-order chi connectivity index (χ1) is 9.13. The highest BCUT2D eigenvalue weighted by Crippen LogP contribution is 2.22. The van der Waals surface area contributed by atoms with Gasteiger partial charge in [0.05, 0.1) is 0 Å². The minimum Gasteiger partial charge on any atom is -0.299 e. The fraction of sp³-hybridized carbons (Fsp3) is 0.562. The van der Waals surface area contributed by atoms with Gasteiger partial charge in [-0.3, -0.25) is 4.79 Å². The summed E-state index contributed by atoms with van der Waals surface area (Å²) in [6.07, 6.45) is 8.31. The lowest BCUT2D eigenvalue weighted by Crippen LogP contribution is -2.03. The molecular weight excluding hydrogens is 279 g/mol. The van der Waals surface area contributed by atoms with E-state index in [1.54, 1.807) is 12.1 Å². The van der Waals surface area contributed by atoms with Gasteiger partial charge in [-0.1, -0.05) is 68.3 Å². The lowest BCUT2D eigenvalue weighted by Gasteiger charge is -2.04. The van der Waals surface area contributed by atoms with Gasteiger partial charge in [-0.05, 0) is 24.1 Å². The third kappa shape index (κ3) is 6.98. The fourth-order valence-electron chi connectivity index (χ4n) is 2.07. The summed E-state index contributed by atoms with van der Waals surface area (Å²) in [4.78, 5) is 11.8. The van der Waals surface area contributed by atoms with Crippen molar-refractivity contribution in [3.63, 3.8) is 0 Å². The first-order valence-electron chi connectivity index (χ1n) is 7.09. The Morgan fingerprint density at radius 2 is 1.74 bits per heavy atom. The van der Waals surface area contributed by atoms with Crippen LogP contribution in [0, 0.1) is 0 Å². The highest BCUT2D eigenvalue weighted by molar-refractivity contribution is 6.35. The predicted molar refractivity (Wildman–Crippen MR) is 83.2 cm³/mol. The van der Waals surface area contributed by atoms with E-state index in [1.807, 2.05) is 6.07 Å². The third-order valence-corrected chi connectivity index (χ3v) is 3.80. The molecule has 3 heteroatoms. The molecular formula is C16H22Cl2O. The van der Waals surface area contributed by atoms with Crippen LogP contribution < -0.4 is 0 Å². The molecule has 0 saturated heterocycles. The Labute approximate surface area is 126 Å². The maximum atomic E-state index is 11.8. The first-order valence-corrected chi connectivity index (χ1v) is 7.84. The molecule has 0 aromatic heterocycles. The zero-order valence-corrected chi connectivity index (χ0v) is 13.1. The van der Waals surface area contributed by atoms with Crippen molar-refractivity contribution in [3.05, 3.63) is 33.8 Å². The number of benzene rings is 1. The molecule has 1 aromatic rings. The van der Waals surface area contributed by atoms with E-state index in [0.717, 1.165) is 18.4 Å². The Morgan fingerprint density at radius 3 is 2.42 bits per heavy atom. The number of hydrogen-bond donors (Lipinski definition) is 0. The van der Waals surface area contributed by atoms with Crippen molar-refractivity contribution < 1.29 is 4.79 Å². The Hall–Kier alpha value is -0.530. The van der Waals surface area contributed by atoms with Gasteiger partial charge in [0.2, 0.25) is 0 Å². The first kappa shape index (κ1) is 16.5. The SMILES string of the molecule is CCCCCCCCC(=O)Cc1ccc(Cl)cc1Cl. The van der Waals surface area contributed by atoms with Crippen LogP contribution in [0.2, 0.25) is 10.0 Å². The van der Waals surface area contributed by atoms with Crippen molar-refractivity contribution in [1.29, 1.82) is 0 Å². The minimum absolute atomic E-state index is 0.264. The van der Waals surface area contributed by atoms with Crippen molar-refractivity contribution in [2.24, 2.45) is 0 Å². The molecule has 0 heterocycles. The van der Waals surface area contributed by atoms with Gasteiger partial charge in [0.25, 0.3) is 0 Å². The molecule has 0 bridgehead atoms. The molecule has 0 N–H and O–H groups in total. The third-order valence-electron chi connectivity index (χ3n) is 3.21. The fourth-order valence-corrected chi connectivity index (χ4v) is 2.54. The second-order valence-electron chi connectivity index (χ2n) is 4.97. The Bertz CT molecular complexity index is 402. The van der Waals surface area contributed by atoms with Gasteiger partial charge in [0.1, 0.15) is 5.78 Å². The molecule has 0 spiro atoms. The summed E-state index contributed by atoms with van der Waals surface area (Å²) >= 11 is 11.9. The van der Waals surface area contributed by atoms with Gasteiger partial charge in [-0.2, -0.15) is 0 Å². The maximum Gasteiger partial charge on any atom is 0.137 e. The number of rotatable bonds is 9. The van der Waals surface area contributed by atoms with Crippen LogP contribution >= 0.6 is 23.2 Å². The van der Waals surface area contributed by atoms with Gasteiger partial charge >= 0.3 is 0 Å². The number of carbonyl (C=O) groups excluding carboxylic acids is 1. The molecule has 0 aliphatic rings. The molecule has 1 nitrogen and oxygen atoms in total. The van der Waals surface area contributed by atoms with Crippen molar-refractivity contribution in [2.45, 2.75) is 58.3 Å². The van der Waals surface area contributed by atoms with Crippen molar-refractivity contribution in [2.75, 3.05) is 0 Å². The van der Waals surface area contributed by atoms with Crippen molar-refractivity contribution >= 4 is 29.0 Å². The summed E-state index contributed by atoms with van der Waals surface area (Å²) in [5.74, 6) is 0.264. The number of ketones is 1. The van der Waals surface area contributed by atoms with Crippen molar-refractivity contribution in [3.8, 4) is 0 Å². The minimum atomic E-state index is 0.264. The van der Waals surface area contributed by atoms with E-state index in [2.05, 4.69) is 6.92 Å². The van der Waals surface area contributed by atoms with E-state index in [0.29, 0.717) is 22.9 Å². The summed E-state index contributed by atoms with van der Waals surface area (Å²) < 4.78 is 0. The average molecular weight is 301 g/mol. The van der Waals surface area contributed by atoms with E-state index in [4.69, 9.17) is 23.2 Å². The molecule has 0 fully saturated rings. The van der Waals surface area contributed by atoms with Crippen LogP contribution in [-0.2, 0) is 11.2 Å². The number of Topliss-reactive ketones (excluding diaryl/α,β-unsaturated/α-hetero) is 1. The van der Waals surface area contributed by atoms with Crippen LogP contribution in [-0.4, -0.2) is 5.78 Å². The molecule has 1 aromatic carbocycles. The molecule has 0 radical (unpaired) electrons. The summed E-state index contributed by atoms with van der Waals surface area (Å²) in [5, 5.41) is 1.20. The number of hydrogen-bond acceptors (Lipinski definition) is 1. The second kappa shape index (κ2) is 9.39. The molecule has 0 atom stereocenters. The highest BCUT2D eigenvalue weighted by atomic mass is 35.5. The number of halogens is 2. The molecule has 0 aliphatic carbocycles. The second-order valence-corrected chi connectivity index (χ2v) is 5.81. The van der Waals surface area contributed by atoms with E-state index < -0.39 is 0 Å². The maximum absolute atomic E-state index is 11.8. The summed E-state index contributed by atoms with van der Waals surface area (Å²) in [6, 6.07) is 5.31. The Balaban J connectivity index is 2.23. The number of carbonyl (C=O) groups is 1. The summed E-state index contributed by atoms with van der Waals surface area (Å²) in [7, 11) is 0. The van der Waals surface area contributed by atoms with E-state index >= 15 is 0 Å². The zero-order chi connectivity index (χ0) is 14.1. The van der Waals surface area contributed by atoms with Crippen LogP contribution in [0.15, 0.2) is 18.2 Å². The van der Waals surface area contributed by atoms with E-state index in [1.165, 1.54) is 25.7 Å². The predicted octanol–water partition coefficient (Wildman–Crippen LogP) is 5.86. The molecule has 0 aliphatic heterocycles. The lowest BCUT2D eigenvalue weighted by molar-refractivity contribution is -0.118. The van der Waals surface area contributed by atoms with E-state index in [9.17, 15) is 4.79 Å². The Kier molecular flexibility index (Phi) is 8.16. The monoisotopic (exact) mass is 300 g/mol. The quantitative estimate of drug-likeness (QED) is 0.522. The molecule has 0 amide bonds. The van der Waals surface area contributed by atoms with Crippen LogP contribution in [0.1, 0.15) is 57.4 Å². The summed E-state index contributed by atoms with van der Waals surface area (Å²) in [6.45, 7) is 2.21. The zero-order valence-electron chi connectivity index (χ0n) is 11.6. The van der Waals surface area contributed by atoms with Gasteiger partial charge in [-0.25, -0.2) is 0 Å². The smallest absolute Gasteiger partial charge is 0.137 e.